The topological polar surface area (TPSA) is 392 Å². The van der Waals surface area contributed by atoms with E-state index in [1.54, 1.807) is 71.9 Å². The fourth-order valence-corrected chi connectivity index (χ4v) is 10.5. The van der Waals surface area contributed by atoms with Gasteiger partial charge in [-0.3, -0.25) is 52.9 Å². The minimum absolute atomic E-state index is 0.0219. The number of hydrogen-bond acceptors (Lipinski definition) is 13. The Morgan fingerprint density at radius 3 is 1.55 bits per heavy atom. The van der Waals surface area contributed by atoms with Gasteiger partial charge in [0.05, 0.1) is 13.1 Å². The van der Waals surface area contributed by atoms with Crippen molar-refractivity contribution >= 4 is 71.0 Å². The average molecular weight is 1150 g/mol. The molecule has 0 radical (unpaired) electrons. The van der Waals surface area contributed by atoms with E-state index in [9.17, 15) is 57.8 Å². The molecule has 82 heavy (non-hydrogen) atoms. The lowest BCUT2D eigenvalue weighted by molar-refractivity contribution is -0.144. The van der Waals surface area contributed by atoms with Crippen LogP contribution in [0.4, 0.5) is 0 Å². The highest BCUT2D eigenvalue weighted by molar-refractivity contribution is 5.99. The molecule has 4 rings (SSSR count). The Kier molecular flexibility index (Phi) is 26.4. The molecule has 3 saturated heterocycles. The van der Waals surface area contributed by atoms with Crippen LogP contribution in [0.3, 0.4) is 0 Å². The van der Waals surface area contributed by atoms with Crippen LogP contribution in [0, 0.1) is 23.7 Å². The number of carboxylic acid groups (broad SMARTS) is 1. The number of nitrogens with one attached hydrogen (secondary N) is 7. The summed E-state index contributed by atoms with van der Waals surface area (Å²) in [4.78, 5) is 159. The van der Waals surface area contributed by atoms with Crippen molar-refractivity contribution in [1.29, 1.82) is 0 Å². The Morgan fingerprint density at radius 2 is 1.05 bits per heavy atom. The van der Waals surface area contributed by atoms with Crippen molar-refractivity contribution in [2.45, 2.75) is 180 Å². The van der Waals surface area contributed by atoms with Crippen molar-refractivity contribution in [3.63, 3.8) is 0 Å². The fraction of sp³-hybridized carbons (Fsp3) is 0.679. The van der Waals surface area contributed by atoms with Crippen LogP contribution in [0.1, 0.15) is 125 Å². The first kappa shape index (κ1) is 67.1. The SMILES string of the molecule is CC[C@H](C)[C@H](NC(=O)[C@@H](NC(=O)[C@@H]1CCCN1C(=O)[C@H](Cc1ccccc1)NC(=O)[C@@H]1CCCN1C(=O)CNC(=O)[C@H](CCCN=C(N)N)NC(=O)[C@@H](NC(=O)[C@@H]1CCCN1C(=O)CN)C(C)C)[C@@H](C)CC)C(=O)N[C@H](C(=O)O)C(C)C. The summed E-state index contributed by atoms with van der Waals surface area (Å²) in [7, 11) is 0. The first-order chi connectivity index (χ1) is 38.8. The number of likely N-dealkylation sites (tertiary alicyclic amines) is 3. The van der Waals surface area contributed by atoms with E-state index in [-0.39, 0.29) is 64.2 Å². The number of guanidine groups is 1. The number of amides is 10. The lowest BCUT2D eigenvalue weighted by Crippen LogP contribution is -2.61. The minimum atomic E-state index is -1.23. The summed E-state index contributed by atoms with van der Waals surface area (Å²) in [5.74, 6) is -9.26. The Bertz CT molecular complexity index is 2440. The third-order valence-electron chi connectivity index (χ3n) is 15.7. The van der Waals surface area contributed by atoms with Crippen LogP contribution in [-0.4, -0.2) is 184 Å². The maximum Gasteiger partial charge on any atom is 0.326 e. The molecule has 0 saturated carbocycles. The number of carbonyl (C=O) groups is 11. The van der Waals surface area contributed by atoms with E-state index < -0.39 is 150 Å². The fourth-order valence-electron chi connectivity index (χ4n) is 10.5. The molecule has 1 aromatic rings. The number of aliphatic imine (C=N–C) groups is 1. The van der Waals surface area contributed by atoms with Gasteiger partial charge in [0.1, 0.15) is 54.4 Å². The third kappa shape index (κ3) is 18.8. The molecule has 3 aliphatic heterocycles. The molecule has 3 heterocycles. The molecular formula is C56H90N14O12. The van der Waals surface area contributed by atoms with E-state index in [4.69, 9.17) is 17.2 Å². The van der Waals surface area contributed by atoms with Gasteiger partial charge in [-0.05, 0) is 80.6 Å². The molecular weight excluding hydrogens is 1060 g/mol. The zero-order chi connectivity index (χ0) is 61.0. The molecule has 3 fully saturated rings. The summed E-state index contributed by atoms with van der Waals surface area (Å²) in [6.07, 6.45) is 3.47. The molecule has 0 bridgehead atoms. The van der Waals surface area contributed by atoms with Crippen LogP contribution in [0.25, 0.3) is 0 Å². The summed E-state index contributed by atoms with van der Waals surface area (Å²) >= 11 is 0. The number of benzene rings is 1. The number of hydrogen-bond donors (Lipinski definition) is 11. The Labute approximate surface area is 480 Å². The number of nitrogens with two attached hydrogens (primary N) is 3. The lowest BCUT2D eigenvalue weighted by atomic mass is 9.94. The second-order valence-electron chi connectivity index (χ2n) is 22.4. The first-order valence-corrected chi connectivity index (χ1v) is 28.9. The summed E-state index contributed by atoms with van der Waals surface area (Å²) < 4.78 is 0. The van der Waals surface area contributed by atoms with Crippen molar-refractivity contribution in [3.8, 4) is 0 Å². The Hall–Kier alpha value is -7.38. The van der Waals surface area contributed by atoms with Crippen molar-refractivity contribution in [1.82, 2.24) is 51.9 Å². The van der Waals surface area contributed by atoms with E-state index >= 15 is 0 Å². The van der Waals surface area contributed by atoms with Gasteiger partial charge in [0.2, 0.25) is 59.1 Å². The molecule has 0 unspecified atom stereocenters. The van der Waals surface area contributed by atoms with Crippen molar-refractivity contribution in [2.75, 3.05) is 39.3 Å². The number of rotatable bonds is 30. The van der Waals surface area contributed by atoms with Gasteiger partial charge in [0, 0.05) is 32.6 Å². The smallest absolute Gasteiger partial charge is 0.326 e. The van der Waals surface area contributed by atoms with Gasteiger partial charge in [0.15, 0.2) is 5.96 Å². The number of carboxylic acids is 1. The molecule has 26 heteroatoms. The maximum absolute atomic E-state index is 14.8. The monoisotopic (exact) mass is 1150 g/mol. The maximum atomic E-state index is 14.8. The van der Waals surface area contributed by atoms with Crippen LogP contribution < -0.4 is 54.4 Å². The van der Waals surface area contributed by atoms with Crippen LogP contribution in [0.5, 0.6) is 0 Å². The standard InChI is InChI=1S/C56H90N14O12/c1-9-33(7)45(53(79)67-46(34(8)10-2)52(78)65-44(32(5)6)55(81)82)66-50(76)40-23-17-27-70(40)54(80)37(28-35-18-12-11-13-19-35)63-48(74)38-21-16-26-69(38)42(72)30-61-47(73)36(20-14-24-60-56(58)59)62-51(77)43(31(3)4)64-49(75)39-22-15-25-68(39)41(71)29-57/h11-13,18-19,31-34,36-40,43-46H,9-10,14-17,20-30,57H2,1-8H3,(H,61,73)(H,62,77)(H,63,74)(H,64,75)(H,65,78)(H,66,76)(H,67,79)(H,81,82)(H4,58,59,60)/t33-,34-,36-,37-,38-,39-,40-,43-,44-,45-,46-/m0/s1. The van der Waals surface area contributed by atoms with Gasteiger partial charge >= 0.3 is 5.97 Å². The largest absolute Gasteiger partial charge is 0.480 e. The molecule has 1 aromatic carbocycles. The second kappa shape index (κ2) is 32.3. The van der Waals surface area contributed by atoms with Crippen molar-refractivity contribution < 1.29 is 57.8 Å². The summed E-state index contributed by atoms with van der Waals surface area (Å²) in [5, 5.41) is 28.9. The average Bonchev–Trinajstić information content (AvgIpc) is 4.31. The normalized spacial score (nSPS) is 19.8. The highest BCUT2D eigenvalue weighted by atomic mass is 16.4. The van der Waals surface area contributed by atoms with Crippen LogP contribution in [-0.2, 0) is 59.2 Å². The summed E-state index contributed by atoms with van der Waals surface area (Å²) in [5.41, 5.74) is 17.3. The number of carbonyl (C=O) groups excluding carboxylic acids is 10. The predicted octanol–water partition coefficient (Wildman–Crippen LogP) is -1.27. The minimum Gasteiger partial charge on any atom is -0.480 e. The molecule has 26 nitrogen and oxygen atoms in total. The van der Waals surface area contributed by atoms with Crippen LogP contribution in [0.2, 0.25) is 0 Å². The Balaban J connectivity index is 1.49. The van der Waals surface area contributed by atoms with Crippen LogP contribution >= 0.6 is 0 Å². The second-order valence-corrected chi connectivity index (χ2v) is 22.4. The molecule has 0 aromatic heterocycles. The van der Waals surface area contributed by atoms with Crippen molar-refractivity contribution in [2.24, 2.45) is 45.9 Å². The highest BCUT2D eigenvalue weighted by Crippen LogP contribution is 2.24. The van der Waals surface area contributed by atoms with Gasteiger partial charge in [-0.1, -0.05) is 98.6 Å². The van der Waals surface area contributed by atoms with E-state index in [1.165, 1.54) is 14.7 Å². The quantitative estimate of drug-likeness (QED) is 0.0243. The first-order valence-electron chi connectivity index (χ1n) is 28.9. The molecule has 14 N–H and O–H groups in total. The molecule has 11 atom stereocenters. The van der Waals surface area contributed by atoms with Crippen LogP contribution in [0.15, 0.2) is 35.3 Å². The number of nitrogens with zero attached hydrogens (tertiary/aromatic N) is 4. The van der Waals surface area contributed by atoms with E-state index in [1.807, 2.05) is 13.8 Å². The lowest BCUT2D eigenvalue weighted by Gasteiger charge is -2.33. The highest BCUT2D eigenvalue weighted by Gasteiger charge is 2.43. The van der Waals surface area contributed by atoms with Gasteiger partial charge in [-0.15, -0.1) is 0 Å². The summed E-state index contributed by atoms with van der Waals surface area (Å²) in [6.45, 7) is 13.8. The summed E-state index contributed by atoms with van der Waals surface area (Å²) in [6, 6.07) is -1.01. The number of aliphatic carboxylic acids is 1. The zero-order valence-corrected chi connectivity index (χ0v) is 48.9. The van der Waals surface area contributed by atoms with Gasteiger partial charge in [-0.25, -0.2) is 4.79 Å². The molecule has 3 aliphatic rings. The van der Waals surface area contributed by atoms with E-state index in [0.29, 0.717) is 50.6 Å². The van der Waals surface area contributed by atoms with E-state index in [2.05, 4.69) is 42.2 Å². The molecule has 0 aliphatic carbocycles. The van der Waals surface area contributed by atoms with Gasteiger partial charge < -0.3 is 74.2 Å². The van der Waals surface area contributed by atoms with E-state index in [0.717, 1.165) is 0 Å². The van der Waals surface area contributed by atoms with Gasteiger partial charge in [-0.2, -0.15) is 0 Å². The Morgan fingerprint density at radius 1 is 0.585 bits per heavy atom. The van der Waals surface area contributed by atoms with Gasteiger partial charge in [0.25, 0.3) is 0 Å². The molecule has 456 valence electrons. The molecule has 0 spiro atoms. The van der Waals surface area contributed by atoms with Crippen molar-refractivity contribution in [3.05, 3.63) is 35.9 Å². The predicted molar refractivity (Wildman–Crippen MR) is 304 cm³/mol. The third-order valence-corrected chi connectivity index (χ3v) is 15.7. The zero-order valence-electron chi connectivity index (χ0n) is 48.9. The molecule has 10 amide bonds.